The maximum absolute atomic E-state index is 13.7. The summed E-state index contributed by atoms with van der Waals surface area (Å²) < 4.78 is 5.51. The SMILES string of the molecule is COC1CCN(C2CCN(C(=O)c3c4ccccc4nc4ccccc34)CC2)CC1. The Morgan fingerprint density at radius 1 is 0.867 bits per heavy atom. The van der Waals surface area contributed by atoms with Crippen LogP contribution < -0.4 is 0 Å². The van der Waals surface area contributed by atoms with Crippen molar-refractivity contribution >= 4 is 27.7 Å². The fraction of sp³-hybridized carbons (Fsp3) is 0.440. The number of rotatable bonds is 3. The van der Waals surface area contributed by atoms with Crippen molar-refractivity contribution in [3.8, 4) is 0 Å². The van der Waals surface area contributed by atoms with Crippen LogP contribution in [0.3, 0.4) is 0 Å². The topological polar surface area (TPSA) is 45.7 Å². The Morgan fingerprint density at radius 3 is 2.00 bits per heavy atom. The zero-order valence-electron chi connectivity index (χ0n) is 17.6. The quantitative estimate of drug-likeness (QED) is 0.618. The van der Waals surface area contributed by atoms with E-state index in [0.29, 0.717) is 12.1 Å². The van der Waals surface area contributed by atoms with Gasteiger partial charge >= 0.3 is 0 Å². The number of hydrogen-bond acceptors (Lipinski definition) is 4. The highest BCUT2D eigenvalue weighted by atomic mass is 16.5. The Kier molecular flexibility index (Phi) is 5.40. The van der Waals surface area contributed by atoms with E-state index in [1.54, 1.807) is 0 Å². The molecule has 156 valence electrons. The molecule has 0 unspecified atom stereocenters. The van der Waals surface area contributed by atoms with E-state index < -0.39 is 0 Å². The average Bonchev–Trinajstić information content (AvgIpc) is 2.82. The highest BCUT2D eigenvalue weighted by Gasteiger charge is 2.31. The molecule has 5 rings (SSSR count). The number of para-hydroxylation sites is 2. The van der Waals surface area contributed by atoms with Crippen LogP contribution in [-0.2, 0) is 4.74 Å². The van der Waals surface area contributed by atoms with Crippen LogP contribution in [0.5, 0.6) is 0 Å². The Hall–Kier alpha value is -2.50. The van der Waals surface area contributed by atoms with Crippen LogP contribution in [0, 0.1) is 0 Å². The predicted octanol–water partition coefficient (Wildman–Crippen LogP) is 4.10. The second kappa shape index (κ2) is 8.32. The molecule has 5 heteroatoms. The van der Waals surface area contributed by atoms with E-state index in [-0.39, 0.29) is 5.91 Å². The van der Waals surface area contributed by atoms with Gasteiger partial charge in [0.1, 0.15) is 0 Å². The Morgan fingerprint density at radius 2 is 1.43 bits per heavy atom. The van der Waals surface area contributed by atoms with Gasteiger partial charge in [-0.1, -0.05) is 36.4 Å². The maximum Gasteiger partial charge on any atom is 0.255 e. The first-order valence-electron chi connectivity index (χ1n) is 11.1. The Labute approximate surface area is 177 Å². The van der Waals surface area contributed by atoms with Gasteiger partial charge in [0.25, 0.3) is 5.91 Å². The Bertz CT molecular complexity index is 997. The first-order valence-corrected chi connectivity index (χ1v) is 11.1. The van der Waals surface area contributed by atoms with Crippen molar-refractivity contribution in [3.05, 3.63) is 54.1 Å². The second-order valence-corrected chi connectivity index (χ2v) is 8.52. The molecule has 30 heavy (non-hydrogen) atoms. The third kappa shape index (κ3) is 3.57. The van der Waals surface area contributed by atoms with Crippen molar-refractivity contribution in [2.75, 3.05) is 33.3 Å². The van der Waals surface area contributed by atoms with E-state index >= 15 is 0 Å². The molecule has 0 aliphatic carbocycles. The van der Waals surface area contributed by atoms with Gasteiger partial charge in [0.2, 0.25) is 0 Å². The largest absolute Gasteiger partial charge is 0.381 e. The molecule has 0 radical (unpaired) electrons. The fourth-order valence-corrected chi connectivity index (χ4v) is 5.14. The number of methoxy groups -OCH3 is 1. The molecule has 1 aromatic heterocycles. The first-order chi connectivity index (χ1) is 14.7. The molecule has 1 amide bonds. The summed E-state index contributed by atoms with van der Waals surface area (Å²) in [5.41, 5.74) is 2.57. The summed E-state index contributed by atoms with van der Waals surface area (Å²) in [4.78, 5) is 23.1. The molecule has 2 fully saturated rings. The van der Waals surface area contributed by atoms with Crippen LogP contribution in [0.15, 0.2) is 48.5 Å². The van der Waals surface area contributed by atoms with Gasteiger partial charge in [0, 0.05) is 50.1 Å². The van der Waals surface area contributed by atoms with Gasteiger partial charge in [-0.25, -0.2) is 4.98 Å². The van der Waals surface area contributed by atoms with Gasteiger partial charge in [0.15, 0.2) is 0 Å². The van der Waals surface area contributed by atoms with Crippen molar-refractivity contribution in [2.24, 2.45) is 0 Å². The van der Waals surface area contributed by atoms with E-state index in [1.165, 1.54) is 0 Å². The number of pyridine rings is 1. The summed E-state index contributed by atoms with van der Waals surface area (Å²) in [5.74, 6) is 0.140. The van der Waals surface area contributed by atoms with E-state index in [1.807, 2.05) is 60.5 Å². The lowest BCUT2D eigenvalue weighted by molar-refractivity contribution is 0.0146. The number of benzene rings is 2. The lowest BCUT2D eigenvalue weighted by Gasteiger charge is -2.41. The van der Waals surface area contributed by atoms with E-state index in [4.69, 9.17) is 9.72 Å². The molecule has 2 aliphatic heterocycles. The fourth-order valence-electron chi connectivity index (χ4n) is 5.14. The molecule has 0 N–H and O–H groups in total. The number of ether oxygens (including phenoxy) is 1. The van der Waals surface area contributed by atoms with Crippen LogP contribution >= 0.6 is 0 Å². The third-order valence-corrected chi connectivity index (χ3v) is 6.88. The number of hydrogen-bond donors (Lipinski definition) is 0. The van der Waals surface area contributed by atoms with E-state index in [2.05, 4.69) is 4.90 Å². The first kappa shape index (κ1) is 19.5. The minimum atomic E-state index is 0.140. The van der Waals surface area contributed by atoms with Gasteiger partial charge < -0.3 is 14.5 Å². The predicted molar refractivity (Wildman–Crippen MR) is 120 cm³/mol. The normalized spacial score (nSPS) is 19.6. The maximum atomic E-state index is 13.7. The number of amides is 1. The van der Waals surface area contributed by atoms with E-state index in [9.17, 15) is 4.79 Å². The lowest BCUT2D eigenvalue weighted by atomic mass is 9.97. The standard InChI is InChI=1S/C25H29N3O2/c1-30-19-12-16-27(17-13-19)18-10-14-28(15-11-18)25(29)24-20-6-2-4-8-22(20)26-23-9-5-3-7-21(23)24/h2-9,18-19H,10-17H2,1H3. The van der Waals surface area contributed by atoms with Crippen LogP contribution in [0.25, 0.3) is 21.8 Å². The second-order valence-electron chi connectivity index (χ2n) is 8.52. The number of carbonyl (C=O) groups excluding carboxylic acids is 1. The number of likely N-dealkylation sites (tertiary alicyclic amines) is 2. The van der Waals surface area contributed by atoms with Crippen molar-refractivity contribution in [2.45, 2.75) is 37.8 Å². The highest BCUT2D eigenvalue weighted by molar-refractivity contribution is 6.16. The number of carbonyl (C=O) groups is 1. The van der Waals surface area contributed by atoms with Crippen LogP contribution in [0.4, 0.5) is 0 Å². The summed E-state index contributed by atoms with van der Waals surface area (Å²) in [6, 6.07) is 16.6. The summed E-state index contributed by atoms with van der Waals surface area (Å²) in [6.45, 7) is 3.85. The van der Waals surface area contributed by atoms with Crippen molar-refractivity contribution < 1.29 is 9.53 Å². The van der Waals surface area contributed by atoms with Crippen molar-refractivity contribution in [1.29, 1.82) is 0 Å². The molecular weight excluding hydrogens is 374 g/mol. The summed E-state index contributed by atoms with van der Waals surface area (Å²) in [5, 5.41) is 1.90. The van der Waals surface area contributed by atoms with Gasteiger partial charge in [-0.3, -0.25) is 4.79 Å². The van der Waals surface area contributed by atoms with Crippen molar-refractivity contribution in [1.82, 2.24) is 14.8 Å². The molecule has 0 saturated carbocycles. The van der Waals surface area contributed by atoms with Gasteiger partial charge in [-0.2, -0.15) is 0 Å². The molecule has 5 nitrogen and oxygen atoms in total. The number of nitrogens with zero attached hydrogens (tertiary/aromatic N) is 3. The number of piperidine rings is 2. The average molecular weight is 404 g/mol. The number of fused-ring (bicyclic) bond motifs is 2. The van der Waals surface area contributed by atoms with Crippen LogP contribution in [-0.4, -0.2) is 66.1 Å². The third-order valence-electron chi connectivity index (χ3n) is 6.88. The highest BCUT2D eigenvalue weighted by Crippen LogP contribution is 2.29. The molecular formula is C25H29N3O2. The minimum absolute atomic E-state index is 0.140. The summed E-state index contributed by atoms with van der Waals surface area (Å²) >= 11 is 0. The molecule has 2 saturated heterocycles. The molecule has 2 aliphatic rings. The molecule has 3 heterocycles. The summed E-state index contributed by atoms with van der Waals surface area (Å²) in [6.07, 6.45) is 4.74. The monoisotopic (exact) mass is 403 g/mol. The van der Waals surface area contributed by atoms with E-state index in [0.717, 1.165) is 79.2 Å². The minimum Gasteiger partial charge on any atom is -0.381 e. The van der Waals surface area contributed by atoms with Crippen LogP contribution in [0.1, 0.15) is 36.0 Å². The van der Waals surface area contributed by atoms with Crippen LogP contribution in [0.2, 0.25) is 0 Å². The molecule has 3 aromatic rings. The van der Waals surface area contributed by atoms with Gasteiger partial charge in [0.05, 0.1) is 22.7 Å². The van der Waals surface area contributed by atoms with Gasteiger partial charge in [-0.05, 0) is 37.8 Å². The van der Waals surface area contributed by atoms with Crippen molar-refractivity contribution in [3.63, 3.8) is 0 Å². The smallest absolute Gasteiger partial charge is 0.255 e. The molecule has 0 spiro atoms. The lowest BCUT2D eigenvalue weighted by Crippen LogP contribution is -2.49. The zero-order valence-corrected chi connectivity index (χ0v) is 17.6. The zero-order chi connectivity index (χ0) is 20.5. The molecule has 0 bridgehead atoms. The summed E-state index contributed by atoms with van der Waals surface area (Å²) in [7, 11) is 1.82. The number of aromatic nitrogens is 1. The Balaban J connectivity index is 1.36. The van der Waals surface area contributed by atoms with Gasteiger partial charge in [-0.15, -0.1) is 0 Å². The molecule has 0 atom stereocenters. The molecule has 2 aromatic carbocycles.